The molecule has 0 aliphatic heterocycles. The summed E-state index contributed by atoms with van der Waals surface area (Å²) in [5.41, 5.74) is 7.25. The summed E-state index contributed by atoms with van der Waals surface area (Å²) >= 11 is 0. The highest BCUT2D eigenvalue weighted by Gasteiger charge is 2.21. The molecular weight excluding hydrogens is 146 g/mol. The van der Waals surface area contributed by atoms with Crippen LogP contribution in [0.4, 0.5) is 0 Å². The van der Waals surface area contributed by atoms with Crippen LogP contribution in [0.2, 0.25) is 0 Å². The zero-order chi connectivity index (χ0) is 9.03. The van der Waals surface area contributed by atoms with Crippen molar-refractivity contribution >= 4 is 0 Å². The van der Waals surface area contributed by atoms with Crippen molar-refractivity contribution in [1.29, 1.82) is 0 Å². The first-order valence-electron chi connectivity index (χ1n) is 4.48. The first-order valence-corrected chi connectivity index (χ1v) is 4.48. The first-order chi connectivity index (χ1) is 5.73. The molecule has 0 saturated heterocycles. The van der Waals surface area contributed by atoms with Crippen molar-refractivity contribution in [1.82, 2.24) is 0 Å². The Morgan fingerprint density at radius 2 is 1.83 bits per heavy atom. The number of rotatable bonds is 3. The molecule has 0 saturated carbocycles. The van der Waals surface area contributed by atoms with Crippen LogP contribution in [0.1, 0.15) is 25.8 Å². The maximum atomic E-state index is 5.75. The van der Waals surface area contributed by atoms with Crippen LogP contribution in [0.25, 0.3) is 0 Å². The van der Waals surface area contributed by atoms with E-state index in [4.69, 9.17) is 5.73 Å². The van der Waals surface area contributed by atoms with Gasteiger partial charge in [-0.25, -0.2) is 0 Å². The molecule has 1 heteroatoms. The smallest absolute Gasteiger partial charge is 0.00447 e. The summed E-state index contributed by atoms with van der Waals surface area (Å²) in [5, 5.41) is 0. The fraction of sp³-hybridized carbons (Fsp3) is 0.455. The van der Waals surface area contributed by atoms with Crippen LogP contribution in [-0.4, -0.2) is 6.54 Å². The van der Waals surface area contributed by atoms with E-state index in [-0.39, 0.29) is 5.41 Å². The molecule has 1 aromatic carbocycles. The van der Waals surface area contributed by atoms with E-state index in [2.05, 4.69) is 38.1 Å². The lowest BCUT2D eigenvalue weighted by Gasteiger charge is -2.26. The molecule has 1 rings (SSSR count). The fourth-order valence-electron chi connectivity index (χ4n) is 1.31. The van der Waals surface area contributed by atoms with Gasteiger partial charge in [0, 0.05) is 12.0 Å². The quantitative estimate of drug-likeness (QED) is 0.727. The summed E-state index contributed by atoms with van der Waals surface area (Å²) < 4.78 is 0. The largest absolute Gasteiger partial charge is 0.330 e. The van der Waals surface area contributed by atoms with E-state index >= 15 is 0 Å². The Morgan fingerprint density at radius 3 is 2.25 bits per heavy atom. The highest BCUT2D eigenvalue weighted by molar-refractivity contribution is 5.24. The number of hydrogen-bond donors (Lipinski definition) is 1. The van der Waals surface area contributed by atoms with E-state index < -0.39 is 0 Å². The van der Waals surface area contributed by atoms with Crippen LogP contribution in [0.15, 0.2) is 30.3 Å². The van der Waals surface area contributed by atoms with Crippen LogP contribution in [0, 0.1) is 0 Å². The molecule has 0 aliphatic carbocycles. The molecule has 66 valence electrons. The van der Waals surface area contributed by atoms with Crippen molar-refractivity contribution in [3.05, 3.63) is 35.9 Å². The van der Waals surface area contributed by atoms with Crippen molar-refractivity contribution in [2.45, 2.75) is 25.7 Å². The first kappa shape index (κ1) is 9.27. The van der Waals surface area contributed by atoms with E-state index in [1.165, 1.54) is 5.56 Å². The summed E-state index contributed by atoms with van der Waals surface area (Å²) in [5.74, 6) is 0. The maximum absolute atomic E-state index is 5.75. The predicted molar refractivity (Wildman–Crippen MR) is 53.1 cm³/mol. The highest BCUT2D eigenvalue weighted by atomic mass is 14.6. The molecule has 0 amide bonds. The van der Waals surface area contributed by atoms with Gasteiger partial charge in [0.15, 0.2) is 0 Å². The summed E-state index contributed by atoms with van der Waals surface area (Å²) in [6, 6.07) is 10.5. The number of benzene rings is 1. The lowest BCUT2D eigenvalue weighted by atomic mass is 9.80. The maximum Gasteiger partial charge on any atom is 0.00447 e. The molecule has 12 heavy (non-hydrogen) atoms. The number of hydrogen-bond acceptors (Lipinski definition) is 1. The fourth-order valence-corrected chi connectivity index (χ4v) is 1.31. The topological polar surface area (TPSA) is 26.0 Å². The van der Waals surface area contributed by atoms with Gasteiger partial charge in [-0.3, -0.25) is 0 Å². The Labute approximate surface area is 74.6 Å². The average molecular weight is 163 g/mol. The van der Waals surface area contributed by atoms with Crippen molar-refractivity contribution in [2.75, 3.05) is 6.54 Å². The zero-order valence-electron chi connectivity index (χ0n) is 7.88. The van der Waals surface area contributed by atoms with Gasteiger partial charge < -0.3 is 5.73 Å². The van der Waals surface area contributed by atoms with Gasteiger partial charge >= 0.3 is 0 Å². The van der Waals surface area contributed by atoms with E-state index in [9.17, 15) is 0 Å². The van der Waals surface area contributed by atoms with Gasteiger partial charge in [-0.2, -0.15) is 0 Å². The van der Waals surface area contributed by atoms with Crippen LogP contribution >= 0.6 is 0 Å². The lowest BCUT2D eigenvalue weighted by molar-refractivity contribution is 0.467. The minimum absolute atomic E-state index is 0.154. The molecule has 0 aromatic heterocycles. The third kappa shape index (κ3) is 1.67. The molecule has 0 bridgehead atoms. The van der Waals surface area contributed by atoms with Gasteiger partial charge in [-0.15, -0.1) is 0 Å². The SMILES string of the molecule is CC[C@@](C)(CN)c1ccccc1. The zero-order valence-corrected chi connectivity index (χ0v) is 7.88. The Kier molecular flexibility index (Phi) is 2.88. The van der Waals surface area contributed by atoms with Crippen molar-refractivity contribution in [2.24, 2.45) is 5.73 Å². The van der Waals surface area contributed by atoms with Gasteiger partial charge in [-0.1, -0.05) is 44.2 Å². The molecule has 0 heterocycles. The molecule has 0 radical (unpaired) electrons. The van der Waals surface area contributed by atoms with Gasteiger partial charge in [0.25, 0.3) is 0 Å². The molecule has 2 N–H and O–H groups in total. The molecular formula is C11H17N. The van der Waals surface area contributed by atoms with Crippen LogP contribution in [-0.2, 0) is 5.41 Å². The van der Waals surface area contributed by atoms with Crippen LogP contribution in [0.5, 0.6) is 0 Å². The second-order valence-corrected chi connectivity index (χ2v) is 3.48. The van der Waals surface area contributed by atoms with Crippen molar-refractivity contribution in [3.8, 4) is 0 Å². The minimum atomic E-state index is 0.154. The van der Waals surface area contributed by atoms with Crippen LogP contribution < -0.4 is 5.73 Å². The normalized spacial score (nSPS) is 15.6. The molecule has 0 aliphatic rings. The molecule has 1 atom stereocenters. The average Bonchev–Trinajstić information content (AvgIpc) is 2.18. The summed E-state index contributed by atoms with van der Waals surface area (Å²) in [6.45, 7) is 5.11. The predicted octanol–water partition coefficient (Wildman–Crippen LogP) is 2.31. The third-order valence-electron chi connectivity index (χ3n) is 2.70. The second kappa shape index (κ2) is 3.72. The molecule has 1 nitrogen and oxygen atoms in total. The van der Waals surface area contributed by atoms with Gasteiger partial charge in [-0.05, 0) is 12.0 Å². The monoisotopic (exact) mass is 163 g/mol. The summed E-state index contributed by atoms with van der Waals surface area (Å²) in [4.78, 5) is 0. The van der Waals surface area contributed by atoms with E-state index in [0.717, 1.165) is 6.42 Å². The Hall–Kier alpha value is -0.820. The number of nitrogens with two attached hydrogens (primary N) is 1. The summed E-state index contributed by atoms with van der Waals surface area (Å²) in [7, 11) is 0. The van der Waals surface area contributed by atoms with Gasteiger partial charge in [0.05, 0.1) is 0 Å². The molecule has 0 fully saturated rings. The second-order valence-electron chi connectivity index (χ2n) is 3.48. The van der Waals surface area contributed by atoms with E-state index in [1.807, 2.05) is 6.07 Å². The molecule has 1 aromatic rings. The summed E-state index contributed by atoms with van der Waals surface area (Å²) in [6.07, 6.45) is 1.09. The minimum Gasteiger partial charge on any atom is -0.330 e. The van der Waals surface area contributed by atoms with E-state index in [1.54, 1.807) is 0 Å². The molecule has 0 spiro atoms. The van der Waals surface area contributed by atoms with E-state index in [0.29, 0.717) is 6.54 Å². The van der Waals surface area contributed by atoms with Gasteiger partial charge in [0.1, 0.15) is 0 Å². The Bertz CT molecular complexity index is 224. The lowest BCUT2D eigenvalue weighted by Crippen LogP contribution is -2.30. The highest BCUT2D eigenvalue weighted by Crippen LogP contribution is 2.25. The Balaban J connectivity index is 2.95. The molecule has 0 unspecified atom stereocenters. The van der Waals surface area contributed by atoms with Crippen molar-refractivity contribution < 1.29 is 0 Å². The third-order valence-corrected chi connectivity index (χ3v) is 2.70. The van der Waals surface area contributed by atoms with Crippen LogP contribution in [0.3, 0.4) is 0 Å². The standard InChI is InChI=1S/C11H17N/c1-3-11(2,9-12)10-7-5-4-6-8-10/h4-8H,3,9,12H2,1-2H3/t11-/m0/s1. The van der Waals surface area contributed by atoms with Gasteiger partial charge in [0.2, 0.25) is 0 Å². The van der Waals surface area contributed by atoms with Crippen molar-refractivity contribution in [3.63, 3.8) is 0 Å². The Morgan fingerprint density at radius 1 is 1.25 bits per heavy atom.